The van der Waals surface area contributed by atoms with Crippen molar-refractivity contribution in [2.24, 2.45) is 11.8 Å². The lowest BCUT2D eigenvalue weighted by atomic mass is 9.91. The zero-order valence-electron chi connectivity index (χ0n) is 16.1. The number of carbonyl (C=O) groups excluding carboxylic acids is 2. The summed E-state index contributed by atoms with van der Waals surface area (Å²) < 4.78 is 0. The summed E-state index contributed by atoms with van der Waals surface area (Å²) in [6.45, 7) is 6.91. The Morgan fingerprint density at radius 1 is 1.22 bits per heavy atom. The van der Waals surface area contributed by atoms with Crippen molar-refractivity contribution in [2.45, 2.75) is 32.7 Å². The molecule has 2 saturated heterocycles. The predicted molar refractivity (Wildman–Crippen MR) is 115 cm³/mol. The van der Waals surface area contributed by atoms with Crippen LogP contribution in [-0.2, 0) is 4.79 Å². The number of para-hydroxylation sites is 1. The Morgan fingerprint density at radius 3 is 2.59 bits per heavy atom. The molecule has 3 rings (SSSR count). The lowest BCUT2D eigenvalue weighted by molar-refractivity contribution is -0.116. The average molecular weight is 412 g/mol. The number of anilines is 1. The molecule has 3 atom stereocenters. The van der Waals surface area contributed by atoms with Crippen LogP contribution in [0.5, 0.6) is 0 Å². The van der Waals surface area contributed by atoms with Gasteiger partial charge >= 0.3 is 0 Å². The van der Waals surface area contributed by atoms with Crippen LogP contribution in [0.2, 0.25) is 0 Å². The van der Waals surface area contributed by atoms with Crippen LogP contribution in [0.1, 0.15) is 37.0 Å². The topological polar surface area (TPSA) is 61.4 Å². The Bertz CT molecular complexity index is 642. The number of benzene rings is 1. The normalized spacial score (nSPS) is 25.4. The molecule has 0 aromatic heterocycles. The van der Waals surface area contributed by atoms with Gasteiger partial charge in [-0.1, -0.05) is 26.0 Å². The molecule has 150 valence electrons. The first-order valence-corrected chi connectivity index (χ1v) is 10.7. The monoisotopic (exact) mass is 411 g/mol. The zero-order chi connectivity index (χ0) is 18.5. The summed E-state index contributed by atoms with van der Waals surface area (Å²) in [4.78, 5) is 27.4. The highest BCUT2D eigenvalue weighted by Gasteiger charge is 2.27. The minimum Gasteiger partial charge on any atom is -0.338 e. The summed E-state index contributed by atoms with van der Waals surface area (Å²) in [5.41, 5.74) is 1.21. The highest BCUT2D eigenvalue weighted by Crippen LogP contribution is 2.25. The number of halogens is 1. The van der Waals surface area contributed by atoms with E-state index >= 15 is 0 Å². The van der Waals surface area contributed by atoms with Crippen molar-refractivity contribution >= 4 is 41.7 Å². The van der Waals surface area contributed by atoms with Gasteiger partial charge in [0, 0.05) is 43.6 Å². The molecular formula is C20H30ClN3O2S. The van der Waals surface area contributed by atoms with Gasteiger partial charge in [-0.05, 0) is 30.4 Å². The molecule has 1 aromatic carbocycles. The molecule has 5 nitrogen and oxygen atoms in total. The SMILES string of the molecule is CC1CC(C)CN(C(=O)c2ccccc2NC(=O)CC2CSCCN2)C1.Cl. The molecule has 0 saturated carbocycles. The fourth-order valence-corrected chi connectivity index (χ4v) is 4.90. The van der Waals surface area contributed by atoms with Crippen LogP contribution in [0, 0.1) is 11.8 Å². The first kappa shape index (κ1) is 22.1. The number of likely N-dealkylation sites (tertiary alicyclic amines) is 1. The highest BCUT2D eigenvalue weighted by atomic mass is 35.5. The van der Waals surface area contributed by atoms with E-state index in [9.17, 15) is 9.59 Å². The minimum absolute atomic E-state index is 0. The van der Waals surface area contributed by atoms with Crippen molar-refractivity contribution in [2.75, 3.05) is 36.5 Å². The maximum atomic E-state index is 13.0. The molecule has 3 unspecified atom stereocenters. The molecule has 7 heteroatoms. The summed E-state index contributed by atoms with van der Waals surface area (Å²) in [5, 5.41) is 6.34. The Labute approximate surface area is 172 Å². The van der Waals surface area contributed by atoms with Gasteiger partial charge in [0.1, 0.15) is 0 Å². The molecule has 2 N–H and O–H groups in total. The van der Waals surface area contributed by atoms with Gasteiger partial charge in [0.15, 0.2) is 0 Å². The number of rotatable bonds is 4. The highest BCUT2D eigenvalue weighted by molar-refractivity contribution is 7.99. The van der Waals surface area contributed by atoms with Gasteiger partial charge in [-0.3, -0.25) is 9.59 Å². The molecule has 2 amide bonds. The molecule has 2 aliphatic rings. The third-order valence-electron chi connectivity index (χ3n) is 5.02. The van der Waals surface area contributed by atoms with Crippen molar-refractivity contribution < 1.29 is 9.59 Å². The van der Waals surface area contributed by atoms with Crippen molar-refractivity contribution in [1.82, 2.24) is 10.2 Å². The third-order valence-corrected chi connectivity index (χ3v) is 6.15. The molecule has 2 heterocycles. The van der Waals surface area contributed by atoms with E-state index in [-0.39, 0.29) is 30.3 Å². The number of thioether (sulfide) groups is 1. The Hall–Kier alpha value is -1.24. The maximum absolute atomic E-state index is 13.0. The molecular weight excluding hydrogens is 382 g/mol. The van der Waals surface area contributed by atoms with E-state index in [4.69, 9.17) is 0 Å². The van der Waals surface area contributed by atoms with Crippen molar-refractivity contribution in [3.8, 4) is 0 Å². The van der Waals surface area contributed by atoms with Crippen molar-refractivity contribution in [3.05, 3.63) is 29.8 Å². The Kier molecular flexibility index (Phi) is 8.45. The Balaban J connectivity index is 0.00000261. The van der Waals surface area contributed by atoms with Crippen LogP contribution in [0.3, 0.4) is 0 Å². The number of amides is 2. The Morgan fingerprint density at radius 2 is 1.93 bits per heavy atom. The lowest BCUT2D eigenvalue weighted by Gasteiger charge is -2.35. The number of hydrogen-bond acceptors (Lipinski definition) is 4. The standard InChI is InChI=1S/C20H29N3O2S.ClH/c1-14-9-15(2)12-23(11-14)20(25)17-5-3-4-6-18(17)22-19(24)10-16-13-26-8-7-21-16;/h3-6,14-16,21H,7-13H2,1-2H3,(H,22,24);1H. The second-order valence-electron chi connectivity index (χ2n) is 7.68. The van der Waals surface area contributed by atoms with Crippen molar-refractivity contribution in [1.29, 1.82) is 0 Å². The lowest BCUT2D eigenvalue weighted by Crippen LogP contribution is -2.43. The van der Waals surface area contributed by atoms with Gasteiger partial charge in [-0.2, -0.15) is 11.8 Å². The second kappa shape index (κ2) is 10.3. The molecule has 0 radical (unpaired) electrons. The molecule has 0 aliphatic carbocycles. The van der Waals surface area contributed by atoms with Crippen LogP contribution in [0.15, 0.2) is 24.3 Å². The fourth-order valence-electron chi connectivity index (χ4n) is 3.95. The summed E-state index contributed by atoms with van der Waals surface area (Å²) in [6, 6.07) is 7.57. The number of piperidine rings is 1. The number of hydrogen-bond donors (Lipinski definition) is 2. The quantitative estimate of drug-likeness (QED) is 0.798. The molecule has 27 heavy (non-hydrogen) atoms. The summed E-state index contributed by atoms with van der Waals surface area (Å²) >= 11 is 1.88. The van der Waals surface area contributed by atoms with E-state index in [1.165, 1.54) is 0 Å². The summed E-state index contributed by atoms with van der Waals surface area (Å²) in [6.07, 6.45) is 1.60. The number of carbonyl (C=O) groups is 2. The van der Waals surface area contributed by atoms with E-state index in [1.807, 2.05) is 40.9 Å². The third kappa shape index (κ3) is 6.13. The predicted octanol–water partition coefficient (Wildman–Crippen LogP) is 3.26. The van der Waals surface area contributed by atoms with Crippen LogP contribution in [-0.4, -0.2) is 53.9 Å². The van der Waals surface area contributed by atoms with Crippen molar-refractivity contribution in [3.63, 3.8) is 0 Å². The summed E-state index contributed by atoms with van der Waals surface area (Å²) in [7, 11) is 0. The summed E-state index contributed by atoms with van der Waals surface area (Å²) in [5.74, 6) is 3.06. The van der Waals surface area contributed by atoms with E-state index in [2.05, 4.69) is 24.5 Å². The van der Waals surface area contributed by atoms with E-state index in [0.29, 0.717) is 29.5 Å². The van der Waals surface area contributed by atoms with E-state index in [0.717, 1.165) is 37.6 Å². The largest absolute Gasteiger partial charge is 0.338 e. The van der Waals surface area contributed by atoms with Gasteiger partial charge < -0.3 is 15.5 Å². The van der Waals surface area contributed by atoms with Crippen LogP contribution >= 0.6 is 24.2 Å². The molecule has 2 fully saturated rings. The molecule has 0 spiro atoms. The minimum atomic E-state index is -0.0365. The molecule has 0 bridgehead atoms. The second-order valence-corrected chi connectivity index (χ2v) is 8.83. The van der Waals surface area contributed by atoms with Crippen LogP contribution in [0.25, 0.3) is 0 Å². The van der Waals surface area contributed by atoms with E-state index in [1.54, 1.807) is 0 Å². The van der Waals surface area contributed by atoms with Gasteiger partial charge in [-0.15, -0.1) is 12.4 Å². The van der Waals surface area contributed by atoms with Gasteiger partial charge in [0.25, 0.3) is 5.91 Å². The fraction of sp³-hybridized carbons (Fsp3) is 0.600. The maximum Gasteiger partial charge on any atom is 0.255 e. The number of nitrogens with one attached hydrogen (secondary N) is 2. The van der Waals surface area contributed by atoms with Crippen LogP contribution in [0.4, 0.5) is 5.69 Å². The van der Waals surface area contributed by atoms with Gasteiger partial charge in [0.2, 0.25) is 5.91 Å². The average Bonchev–Trinajstić information content (AvgIpc) is 2.61. The van der Waals surface area contributed by atoms with Gasteiger partial charge in [-0.25, -0.2) is 0 Å². The molecule has 2 aliphatic heterocycles. The first-order chi connectivity index (χ1) is 12.5. The molecule has 1 aromatic rings. The van der Waals surface area contributed by atoms with Gasteiger partial charge in [0.05, 0.1) is 11.3 Å². The smallest absolute Gasteiger partial charge is 0.255 e. The van der Waals surface area contributed by atoms with Crippen LogP contribution < -0.4 is 10.6 Å². The zero-order valence-corrected chi connectivity index (χ0v) is 17.7. The first-order valence-electron chi connectivity index (χ1n) is 9.52. The van der Waals surface area contributed by atoms with E-state index < -0.39 is 0 Å². The number of nitrogens with zero attached hydrogens (tertiary/aromatic N) is 1.